The largest absolute Gasteiger partial charge is 0.394 e. The van der Waals surface area contributed by atoms with Crippen LogP contribution in [0.25, 0.3) is 11.0 Å². The molecule has 4 atom stereocenters. The molecule has 9 heteroatoms. The molecule has 9 nitrogen and oxygen atoms in total. The Morgan fingerprint density at radius 1 is 0.968 bits per heavy atom. The van der Waals surface area contributed by atoms with Crippen LogP contribution >= 0.6 is 0 Å². The molecule has 3 rings (SSSR count). The number of aliphatic hydroxyl groups is 3. The van der Waals surface area contributed by atoms with Crippen LogP contribution in [0, 0.1) is 0 Å². The van der Waals surface area contributed by atoms with E-state index in [2.05, 4.69) is 33.8 Å². The Morgan fingerprint density at radius 2 is 1.65 bits per heavy atom. The van der Waals surface area contributed by atoms with E-state index < -0.39 is 24.5 Å². The van der Waals surface area contributed by atoms with Crippen LogP contribution in [-0.2, 0) is 4.74 Å². The van der Waals surface area contributed by atoms with E-state index in [4.69, 9.17) is 4.74 Å². The molecule has 0 amide bonds. The lowest BCUT2D eigenvalue weighted by Crippen LogP contribution is -2.33. The number of aromatic nitrogens is 4. The molecule has 0 radical (unpaired) electrons. The van der Waals surface area contributed by atoms with Gasteiger partial charge >= 0.3 is 0 Å². The van der Waals surface area contributed by atoms with Gasteiger partial charge in [-0.05, 0) is 12.8 Å². The normalized spacial score (nSPS) is 23.6. The number of ether oxygens (including phenoxy) is 1. The molecule has 1 saturated heterocycles. The Hall–Kier alpha value is -1.81. The van der Waals surface area contributed by atoms with Crippen molar-refractivity contribution >= 4 is 16.9 Å². The summed E-state index contributed by atoms with van der Waals surface area (Å²) in [5.41, 5.74) is 0.548. The fraction of sp³-hybridized carbons (Fsp3) is 0.773. The van der Waals surface area contributed by atoms with Crippen molar-refractivity contribution in [2.75, 3.05) is 24.6 Å². The molecule has 31 heavy (non-hydrogen) atoms. The van der Waals surface area contributed by atoms with Crippen molar-refractivity contribution in [1.82, 2.24) is 19.7 Å². The van der Waals surface area contributed by atoms with E-state index in [1.165, 1.54) is 49.5 Å². The molecular formula is C22H37N5O4. The van der Waals surface area contributed by atoms with Crippen LogP contribution in [0.3, 0.4) is 0 Å². The average molecular weight is 436 g/mol. The number of aliphatic hydroxyl groups excluding tert-OH is 3. The molecule has 0 aliphatic carbocycles. The van der Waals surface area contributed by atoms with Crippen LogP contribution in [-0.4, -0.2) is 73.1 Å². The molecule has 3 heterocycles. The zero-order chi connectivity index (χ0) is 22.2. The molecule has 0 spiro atoms. The van der Waals surface area contributed by atoms with E-state index in [1.54, 1.807) is 6.20 Å². The van der Waals surface area contributed by atoms with Crippen molar-refractivity contribution in [1.29, 1.82) is 0 Å². The molecule has 174 valence electrons. The van der Waals surface area contributed by atoms with Gasteiger partial charge < -0.3 is 25.0 Å². The third-order valence-electron chi connectivity index (χ3n) is 5.99. The molecule has 1 fully saturated rings. The van der Waals surface area contributed by atoms with Gasteiger partial charge in [0.15, 0.2) is 11.9 Å². The number of unbranched alkanes of at least 4 members (excludes halogenated alkanes) is 6. The highest BCUT2D eigenvalue weighted by Crippen LogP contribution is 2.32. The Morgan fingerprint density at radius 3 is 2.23 bits per heavy atom. The Labute approximate surface area is 184 Å². The molecule has 0 saturated carbocycles. The van der Waals surface area contributed by atoms with E-state index in [9.17, 15) is 15.3 Å². The second-order valence-electron chi connectivity index (χ2n) is 8.36. The third kappa shape index (κ3) is 5.52. The van der Waals surface area contributed by atoms with Gasteiger partial charge in [0.1, 0.15) is 30.5 Å². The first-order valence-corrected chi connectivity index (χ1v) is 11.7. The number of rotatable bonds is 13. The predicted octanol–water partition coefficient (Wildman–Crippen LogP) is 2.40. The van der Waals surface area contributed by atoms with Crippen molar-refractivity contribution in [2.24, 2.45) is 0 Å². The van der Waals surface area contributed by atoms with E-state index in [-0.39, 0.29) is 6.61 Å². The smallest absolute Gasteiger partial charge is 0.181 e. The van der Waals surface area contributed by atoms with Crippen molar-refractivity contribution in [3.8, 4) is 0 Å². The first-order valence-electron chi connectivity index (χ1n) is 11.7. The lowest BCUT2D eigenvalue weighted by atomic mass is 10.1. The molecule has 0 aromatic carbocycles. The SMILES string of the molecule is CCCCCCN(CCCCCC)c1ncnc2c1cnn2C1O[C@H](CO)[C@@H](O)[C@H]1O. The van der Waals surface area contributed by atoms with Crippen LogP contribution < -0.4 is 4.90 Å². The van der Waals surface area contributed by atoms with Crippen molar-refractivity contribution < 1.29 is 20.1 Å². The summed E-state index contributed by atoms with van der Waals surface area (Å²) >= 11 is 0. The van der Waals surface area contributed by atoms with Gasteiger partial charge in [-0.3, -0.25) is 0 Å². The minimum atomic E-state index is -1.20. The van der Waals surface area contributed by atoms with E-state index >= 15 is 0 Å². The maximum absolute atomic E-state index is 10.4. The number of nitrogens with zero attached hydrogens (tertiary/aromatic N) is 5. The molecule has 1 unspecified atom stereocenters. The van der Waals surface area contributed by atoms with Crippen LogP contribution in [0.15, 0.2) is 12.5 Å². The lowest BCUT2D eigenvalue weighted by molar-refractivity contribution is -0.0566. The quantitative estimate of drug-likeness (QED) is 0.411. The van der Waals surface area contributed by atoms with Gasteiger partial charge in [0, 0.05) is 13.1 Å². The number of hydrogen-bond acceptors (Lipinski definition) is 8. The van der Waals surface area contributed by atoms with Gasteiger partial charge in [-0.1, -0.05) is 52.4 Å². The summed E-state index contributed by atoms with van der Waals surface area (Å²) in [7, 11) is 0. The zero-order valence-corrected chi connectivity index (χ0v) is 18.7. The van der Waals surface area contributed by atoms with Crippen LogP contribution in [0.1, 0.15) is 71.4 Å². The fourth-order valence-corrected chi connectivity index (χ4v) is 4.15. The molecule has 0 bridgehead atoms. The van der Waals surface area contributed by atoms with Crippen molar-refractivity contribution in [2.45, 2.75) is 89.8 Å². The van der Waals surface area contributed by atoms with E-state index in [1.807, 2.05) is 0 Å². The van der Waals surface area contributed by atoms with Gasteiger partial charge in [-0.15, -0.1) is 0 Å². The number of fused-ring (bicyclic) bond motifs is 1. The summed E-state index contributed by atoms with van der Waals surface area (Å²) < 4.78 is 7.13. The van der Waals surface area contributed by atoms with Crippen LogP contribution in [0.2, 0.25) is 0 Å². The summed E-state index contributed by atoms with van der Waals surface area (Å²) in [4.78, 5) is 11.3. The van der Waals surface area contributed by atoms with Crippen LogP contribution in [0.5, 0.6) is 0 Å². The van der Waals surface area contributed by atoms with Gasteiger partial charge in [0.25, 0.3) is 0 Å². The highest BCUT2D eigenvalue weighted by molar-refractivity contribution is 5.86. The van der Waals surface area contributed by atoms with Gasteiger partial charge in [0.05, 0.1) is 18.2 Å². The topological polar surface area (TPSA) is 117 Å². The van der Waals surface area contributed by atoms with Crippen molar-refractivity contribution in [3.63, 3.8) is 0 Å². The molecule has 2 aromatic heterocycles. The maximum atomic E-state index is 10.4. The minimum Gasteiger partial charge on any atom is -0.394 e. The molecular weight excluding hydrogens is 398 g/mol. The summed E-state index contributed by atoms with van der Waals surface area (Å²) in [6, 6.07) is 0. The standard InChI is InChI=1S/C22H37N5O4/c1-3-5-7-9-11-26(12-10-8-6-4-2)20-16-13-25-27(21(16)24-15-23-20)22-19(30)18(29)17(14-28)31-22/h13,15,17-19,22,28-30H,3-12,14H2,1-2H3/t17-,18-,19-,22?/m1/s1. The Kier molecular flexibility index (Phi) is 9.01. The maximum Gasteiger partial charge on any atom is 0.181 e. The second-order valence-corrected chi connectivity index (χ2v) is 8.36. The summed E-state index contributed by atoms with van der Waals surface area (Å²) in [5, 5.41) is 35.1. The molecule has 3 N–H and O–H groups in total. The second kappa shape index (κ2) is 11.7. The molecule has 1 aliphatic rings. The Balaban J connectivity index is 1.83. The van der Waals surface area contributed by atoms with E-state index in [0.717, 1.165) is 37.1 Å². The molecule has 1 aliphatic heterocycles. The first-order chi connectivity index (χ1) is 15.1. The highest BCUT2D eigenvalue weighted by Gasteiger charge is 2.44. The summed E-state index contributed by atoms with van der Waals surface area (Å²) in [5.74, 6) is 0.844. The summed E-state index contributed by atoms with van der Waals surface area (Å²) in [6.07, 6.45) is 8.54. The monoisotopic (exact) mass is 435 g/mol. The minimum absolute atomic E-state index is 0.378. The van der Waals surface area contributed by atoms with Gasteiger partial charge in [-0.25, -0.2) is 14.6 Å². The van der Waals surface area contributed by atoms with Gasteiger partial charge in [-0.2, -0.15) is 5.10 Å². The average Bonchev–Trinajstić information content (AvgIpc) is 3.33. The highest BCUT2D eigenvalue weighted by atomic mass is 16.6. The number of anilines is 1. The third-order valence-corrected chi connectivity index (χ3v) is 5.99. The summed E-state index contributed by atoms with van der Waals surface area (Å²) in [6.45, 7) is 5.90. The van der Waals surface area contributed by atoms with Crippen LogP contribution in [0.4, 0.5) is 5.82 Å². The fourth-order valence-electron chi connectivity index (χ4n) is 4.15. The number of hydrogen-bond donors (Lipinski definition) is 3. The Bertz CT molecular complexity index is 789. The van der Waals surface area contributed by atoms with Gasteiger partial charge in [0.2, 0.25) is 0 Å². The first kappa shape index (κ1) is 23.8. The molecule has 2 aromatic rings. The lowest BCUT2D eigenvalue weighted by Gasteiger charge is -2.24. The zero-order valence-electron chi connectivity index (χ0n) is 18.7. The van der Waals surface area contributed by atoms with Crippen molar-refractivity contribution in [3.05, 3.63) is 12.5 Å². The van der Waals surface area contributed by atoms with E-state index in [0.29, 0.717) is 5.65 Å². The predicted molar refractivity (Wildman–Crippen MR) is 119 cm³/mol.